The zero-order valence-corrected chi connectivity index (χ0v) is 11.4. The fourth-order valence-electron chi connectivity index (χ4n) is 1.68. The van der Waals surface area contributed by atoms with Crippen molar-refractivity contribution in [2.24, 2.45) is 0 Å². The van der Waals surface area contributed by atoms with Crippen LogP contribution in [0.15, 0.2) is 30.3 Å². The van der Waals surface area contributed by atoms with Crippen LogP contribution in [0.5, 0.6) is 5.75 Å². The molecule has 4 nitrogen and oxygen atoms in total. The zero-order valence-electron chi connectivity index (χ0n) is 11.4. The number of amides is 1. The van der Waals surface area contributed by atoms with Gasteiger partial charge in [0.25, 0.3) is 0 Å². The van der Waals surface area contributed by atoms with Crippen molar-refractivity contribution >= 4 is 12.0 Å². The van der Waals surface area contributed by atoms with Crippen LogP contribution in [0.3, 0.4) is 0 Å². The minimum atomic E-state index is -0.131. The molecule has 19 heavy (non-hydrogen) atoms. The van der Waals surface area contributed by atoms with E-state index >= 15 is 0 Å². The molecule has 104 valence electrons. The van der Waals surface area contributed by atoms with E-state index in [0.29, 0.717) is 6.42 Å². The van der Waals surface area contributed by atoms with Gasteiger partial charge in [-0.15, -0.1) is 0 Å². The summed E-state index contributed by atoms with van der Waals surface area (Å²) in [5.74, 6) is 0.632. The first-order valence-electron chi connectivity index (χ1n) is 6.39. The molecule has 0 radical (unpaired) electrons. The van der Waals surface area contributed by atoms with E-state index in [1.54, 1.807) is 13.2 Å². The van der Waals surface area contributed by atoms with Gasteiger partial charge >= 0.3 is 0 Å². The highest BCUT2D eigenvalue weighted by Gasteiger charge is 2.03. The van der Waals surface area contributed by atoms with Gasteiger partial charge in [0, 0.05) is 18.7 Å². The Balaban J connectivity index is 2.48. The lowest BCUT2D eigenvalue weighted by Gasteiger charge is -2.11. The topological polar surface area (TPSA) is 58.6 Å². The molecule has 2 N–H and O–H groups in total. The first-order chi connectivity index (χ1) is 9.15. The molecule has 0 aromatic heterocycles. The van der Waals surface area contributed by atoms with Crippen LogP contribution in [0, 0.1) is 0 Å². The Bertz CT molecular complexity index is 429. The minimum absolute atomic E-state index is 0.0645. The zero-order chi connectivity index (χ0) is 14.1. The van der Waals surface area contributed by atoms with Crippen molar-refractivity contribution in [2.75, 3.05) is 13.7 Å². The van der Waals surface area contributed by atoms with E-state index in [1.807, 2.05) is 31.2 Å². The fourth-order valence-corrected chi connectivity index (χ4v) is 1.68. The van der Waals surface area contributed by atoms with Gasteiger partial charge in [0.15, 0.2) is 0 Å². The van der Waals surface area contributed by atoms with Crippen LogP contribution >= 0.6 is 0 Å². The van der Waals surface area contributed by atoms with Crippen LogP contribution < -0.4 is 10.1 Å². The summed E-state index contributed by atoms with van der Waals surface area (Å²) in [6.45, 7) is 2.08. The molecule has 1 unspecified atom stereocenters. The van der Waals surface area contributed by atoms with E-state index in [1.165, 1.54) is 6.08 Å². The van der Waals surface area contributed by atoms with Gasteiger partial charge in [0.05, 0.1) is 7.11 Å². The third-order valence-corrected chi connectivity index (χ3v) is 2.70. The quantitative estimate of drug-likeness (QED) is 0.740. The summed E-state index contributed by atoms with van der Waals surface area (Å²) >= 11 is 0. The number of carbonyl (C=O) groups excluding carboxylic acids is 1. The summed E-state index contributed by atoms with van der Waals surface area (Å²) in [6, 6.07) is 7.56. The van der Waals surface area contributed by atoms with Gasteiger partial charge in [0.1, 0.15) is 5.75 Å². The molecule has 4 heteroatoms. The van der Waals surface area contributed by atoms with Crippen LogP contribution in [0.2, 0.25) is 0 Å². The summed E-state index contributed by atoms with van der Waals surface area (Å²) in [5, 5.41) is 11.6. The number of ether oxygens (including phenoxy) is 1. The Morgan fingerprint density at radius 2 is 2.32 bits per heavy atom. The van der Waals surface area contributed by atoms with Gasteiger partial charge in [-0.1, -0.05) is 12.1 Å². The number of aliphatic hydroxyl groups excluding tert-OH is 1. The molecular weight excluding hydrogens is 242 g/mol. The summed E-state index contributed by atoms with van der Waals surface area (Å²) in [6.07, 6.45) is 4.72. The van der Waals surface area contributed by atoms with Gasteiger partial charge in [-0.3, -0.25) is 4.79 Å². The molecule has 0 fully saturated rings. The summed E-state index contributed by atoms with van der Waals surface area (Å²) < 4.78 is 5.11. The largest absolute Gasteiger partial charge is 0.497 e. The maximum atomic E-state index is 11.7. The molecule has 0 saturated heterocycles. The normalized spacial score (nSPS) is 12.4. The molecule has 1 amide bonds. The predicted molar refractivity (Wildman–Crippen MR) is 76.0 cm³/mol. The number of nitrogens with one attached hydrogen (secondary N) is 1. The molecule has 1 aromatic carbocycles. The molecule has 1 rings (SSSR count). The number of rotatable bonds is 7. The maximum absolute atomic E-state index is 11.7. The highest BCUT2D eigenvalue weighted by atomic mass is 16.5. The molecule has 0 spiro atoms. The van der Waals surface area contributed by atoms with Crippen molar-refractivity contribution in [3.05, 3.63) is 35.9 Å². The Kier molecular flexibility index (Phi) is 6.68. The van der Waals surface area contributed by atoms with Crippen LogP contribution in [-0.2, 0) is 4.79 Å². The predicted octanol–water partition coefficient (Wildman–Crippen LogP) is 1.99. The van der Waals surface area contributed by atoms with Crippen molar-refractivity contribution in [1.29, 1.82) is 0 Å². The second kappa shape index (κ2) is 8.32. The Labute approximate surface area is 114 Å². The number of hydrogen-bond acceptors (Lipinski definition) is 3. The van der Waals surface area contributed by atoms with Gasteiger partial charge in [-0.05, 0) is 43.5 Å². The number of benzene rings is 1. The van der Waals surface area contributed by atoms with E-state index in [0.717, 1.165) is 17.7 Å². The summed E-state index contributed by atoms with van der Waals surface area (Å²) in [7, 11) is 1.61. The highest BCUT2D eigenvalue weighted by molar-refractivity contribution is 5.91. The van der Waals surface area contributed by atoms with Crippen LogP contribution in [0.4, 0.5) is 0 Å². The molecule has 0 saturated carbocycles. The average Bonchev–Trinajstić information content (AvgIpc) is 2.43. The molecule has 1 aromatic rings. The van der Waals surface area contributed by atoms with Gasteiger partial charge in [-0.25, -0.2) is 0 Å². The smallest absolute Gasteiger partial charge is 0.244 e. The monoisotopic (exact) mass is 263 g/mol. The Hall–Kier alpha value is -1.81. The van der Waals surface area contributed by atoms with E-state index in [2.05, 4.69) is 5.32 Å². The maximum Gasteiger partial charge on any atom is 0.244 e. The van der Waals surface area contributed by atoms with E-state index in [9.17, 15) is 4.79 Å². The van der Waals surface area contributed by atoms with Gasteiger partial charge < -0.3 is 15.2 Å². The lowest BCUT2D eigenvalue weighted by atomic mass is 10.2. The Morgan fingerprint density at radius 3 is 3.00 bits per heavy atom. The van der Waals surface area contributed by atoms with Crippen LogP contribution in [-0.4, -0.2) is 30.8 Å². The minimum Gasteiger partial charge on any atom is -0.497 e. The average molecular weight is 263 g/mol. The SMILES string of the molecule is COc1cccc(/C=C/C(=O)NC(C)CCCO)c1. The van der Waals surface area contributed by atoms with Crippen molar-refractivity contribution in [3.63, 3.8) is 0 Å². The second-order valence-corrected chi connectivity index (χ2v) is 4.39. The van der Waals surface area contributed by atoms with Gasteiger partial charge in [-0.2, -0.15) is 0 Å². The molecule has 1 atom stereocenters. The number of aliphatic hydroxyl groups is 1. The standard InChI is InChI=1S/C15H21NO3/c1-12(5-4-10-17)16-15(18)9-8-13-6-3-7-14(11-13)19-2/h3,6-9,11-12,17H,4-5,10H2,1-2H3,(H,16,18)/b9-8+. The fraction of sp³-hybridized carbons (Fsp3) is 0.400. The number of hydrogen-bond donors (Lipinski definition) is 2. The van der Waals surface area contributed by atoms with E-state index < -0.39 is 0 Å². The first-order valence-corrected chi connectivity index (χ1v) is 6.39. The second-order valence-electron chi connectivity index (χ2n) is 4.39. The van der Waals surface area contributed by atoms with Crippen LogP contribution in [0.25, 0.3) is 6.08 Å². The van der Waals surface area contributed by atoms with Gasteiger partial charge in [0.2, 0.25) is 5.91 Å². The number of methoxy groups -OCH3 is 1. The molecule has 0 heterocycles. The van der Waals surface area contributed by atoms with Crippen molar-refractivity contribution in [3.8, 4) is 5.75 Å². The van der Waals surface area contributed by atoms with E-state index in [-0.39, 0.29) is 18.6 Å². The highest BCUT2D eigenvalue weighted by Crippen LogP contribution is 2.13. The molecule has 0 bridgehead atoms. The third-order valence-electron chi connectivity index (χ3n) is 2.70. The molecule has 0 aliphatic rings. The lowest BCUT2D eigenvalue weighted by Crippen LogP contribution is -2.31. The first kappa shape index (κ1) is 15.2. The van der Waals surface area contributed by atoms with Crippen molar-refractivity contribution < 1.29 is 14.6 Å². The number of carbonyl (C=O) groups is 1. The van der Waals surface area contributed by atoms with E-state index in [4.69, 9.17) is 9.84 Å². The van der Waals surface area contributed by atoms with Crippen molar-refractivity contribution in [2.45, 2.75) is 25.8 Å². The molecular formula is C15H21NO3. The van der Waals surface area contributed by atoms with Crippen molar-refractivity contribution in [1.82, 2.24) is 5.32 Å². The molecule has 0 aliphatic heterocycles. The van der Waals surface area contributed by atoms with Crippen LogP contribution in [0.1, 0.15) is 25.3 Å². The lowest BCUT2D eigenvalue weighted by molar-refractivity contribution is -0.117. The Morgan fingerprint density at radius 1 is 1.53 bits per heavy atom. The summed E-state index contributed by atoms with van der Waals surface area (Å²) in [5.41, 5.74) is 0.914. The third kappa shape index (κ3) is 6.06. The molecule has 0 aliphatic carbocycles. The summed E-state index contributed by atoms with van der Waals surface area (Å²) in [4.78, 5) is 11.7.